The zero-order valence-corrected chi connectivity index (χ0v) is 36.8. The van der Waals surface area contributed by atoms with Crippen LogP contribution in [0.3, 0.4) is 0 Å². The van der Waals surface area contributed by atoms with Crippen molar-refractivity contribution in [1.82, 2.24) is 24.1 Å². The van der Waals surface area contributed by atoms with E-state index in [4.69, 9.17) is 15.0 Å². The van der Waals surface area contributed by atoms with Crippen molar-refractivity contribution in [2.45, 2.75) is 0 Å². The minimum absolute atomic E-state index is 0.570. The number of benzene rings is 11. The number of fused-ring (bicyclic) bond motifs is 12. The molecule has 5 nitrogen and oxygen atoms in total. The summed E-state index contributed by atoms with van der Waals surface area (Å²) in [5.41, 5.74) is 12.0. The van der Waals surface area contributed by atoms with Gasteiger partial charge in [-0.3, -0.25) is 4.57 Å². The molecule has 14 rings (SSSR count). The Labute approximate surface area is 391 Å². The first-order chi connectivity index (χ1) is 33.7. The number of para-hydroxylation sites is 2. The van der Waals surface area contributed by atoms with Gasteiger partial charge in [-0.1, -0.05) is 194 Å². The average Bonchev–Trinajstić information content (AvgIpc) is 3.92. The van der Waals surface area contributed by atoms with E-state index < -0.39 is 0 Å². The molecule has 0 aliphatic rings. The van der Waals surface area contributed by atoms with Gasteiger partial charge in [0.1, 0.15) is 0 Å². The van der Waals surface area contributed by atoms with Gasteiger partial charge in [0.05, 0.1) is 22.1 Å². The summed E-state index contributed by atoms with van der Waals surface area (Å²) in [6.07, 6.45) is 0. The van der Waals surface area contributed by atoms with E-state index in [9.17, 15) is 0 Å². The van der Waals surface area contributed by atoms with Crippen LogP contribution in [-0.2, 0) is 0 Å². The van der Waals surface area contributed by atoms with Crippen molar-refractivity contribution >= 4 is 75.9 Å². The van der Waals surface area contributed by atoms with Crippen LogP contribution in [0.15, 0.2) is 237 Å². The summed E-state index contributed by atoms with van der Waals surface area (Å²) in [6, 6.07) is 84.7. The largest absolute Gasteiger partial charge is 0.309 e. The normalized spacial score (nSPS) is 11.8. The van der Waals surface area contributed by atoms with Gasteiger partial charge in [0.2, 0.25) is 5.95 Å². The van der Waals surface area contributed by atoms with Gasteiger partial charge in [0.15, 0.2) is 11.6 Å². The quantitative estimate of drug-likeness (QED) is 0.156. The predicted octanol–water partition coefficient (Wildman–Crippen LogP) is 16.2. The van der Waals surface area contributed by atoms with Crippen molar-refractivity contribution in [1.29, 1.82) is 0 Å². The zero-order chi connectivity index (χ0) is 44.7. The minimum atomic E-state index is 0.570. The fraction of sp³-hybridized carbons (Fsp3) is 0. The van der Waals surface area contributed by atoms with E-state index in [1.807, 2.05) is 24.3 Å². The maximum atomic E-state index is 5.28. The molecule has 0 aliphatic carbocycles. The molecule has 0 radical (unpaired) electrons. The summed E-state index contributed by atoms with van der Waals surface area (Å²) in [5.74, 6) is 1.81. The molecule has 0 unspecified atom stereocenters. The molecule has 0 saturated carbocycles. The highest BCUT2D eigenvalue weighted by molar-refractivity contribution is 6.26. The molecule has 0 bridgehead atoms. The highest BCUT2D eigenvalue weighted by Gasteiger charge is 2.21. The second-order valence-corrected chi connectivity index (χ2v) is 17.6. The van der Waals surface area contributed by atoms with Crippen LogP contribution < -0.4 is 0 Å². The second kappa shape index (κ2) is 15.2. The Kier molecular flexibility index (Phi) is 8.52. The van der Waals surface area contributed by atoms with Crippen molar-refractivity contribution < 1.29 is 0 Å². The molecule has 316 valence electrons. The molecule has 0 fully saturated rings. The molecule has 68 heavy (non-hydrogen) atoms. The van der Waals surface area contributed by atoms with Crippen LogP contribution in [0.25, 0.3) is 133 Å². The van der Waals surface area contributed by atoms with Gasteiger partial charge < -0.3 is 4.57 Å². The molecule has 0 amide bonds. The summed E-state index contributed by atoms with van der Waals surface area (Å²) >= 11 is 0. The Balaban J connectivity index is 0.929. The molecule has 3 aromatic heterocycles. The van der Waals surface area contributed by atoms with Gasteiger partial charge in [0, 0.05) is 38.4 Å². The van der Waals surface area contributed by atoms with Crippen LogP contribution >= 0.6 is 0 Å². The Morgan fingerprint density at radius 2 is 0.603 bits per heavy atom. The Bertz CT molecular complexity index is 4250. The highest BCUT2D eigenvalue weighted by atomic mass is 15.2. The molecule has 5 heteroatoms. The SMILES string of the molecule is c1ccc(-c2ccc(-c3nc(-c4ccccc4)nc(-n4c5ccccc5c5cc6c(cc54)c4ccccc4n6-c4ccc(-c5ccc6c7ccccc7c7ccccc7c6c5)cc4)n3)cc2)cc1. The van der Waals surface area contributed by atoms with Crippen LogP contribution in [0.5, 0.6) is 0 Å². The summed E-state index contributed by atoms with van der Waals surface area (Å²) < 4.78 is 4.63. The monoisotopic (exact) mass is 865 g/mol. The van der Waals surface area contributed by atoms with E-state index in [1.54, 1.807) is 0 Å². The summed E-state index contributed by atoms with van der Waals surface area (Å²) in [5, 5.41) is 12.3. The number of rotatable bonds is 6. The summed E-state index contributed by atoms with van der Waals surface area (Å²) in [7, 11) is 0. The van der Waals surface area contributed by atoms with Crippen molar-refractivity contribution in [3.63, 3.8) is 0 Å². The third-order valence-electron chi connectivity index (χ3n) is 13.8. The Morgan fingerprint density at radius 3 is 1.19 bits per heavy atom. The van der Waals surface area contributed by atoms with Crippen molar-refractivity contribution in [2.75, 3.05) is 0 Å². The van der Waals surface area contributed by atoms with Crippen LogP contribution in [-0.4, -0.2) is 24.1 Å². The maximum Gasteiger partial charge on any atom is 0.238 e. The number of hydrogen-bond donors (Lipinski definition) is 0. The standard InChI is InChI=1S/C63H39N5/c1-3-15-40(16-4-1)41-27-29-44(30-28-41)62-64-61(43-17-5-2-6-18-43)65-63(66-62)68-58-26-14-12-24-53(58)56-38-59-55(39-60(56)68)52-23-11-13-25-57(52)67(59)46-34-31-42(32-35-46)45-33-36-51-49-21-8-7-19-47(49)48-20-9-10-22-50(48)54(51)37-45/h1-39H. The third kappa shape index (κ3) is 5.99. The second-order valence-electron chi connectivity index (χ2n) is 17.6. The van der Waals surface area contributed by atoms with Crippen LogP contribution in [0, 0.1) is 0 Å². The molecular weight excluding hydrogens is 827 g/mol. The van der Waals surface area contributed by atoms with E-state index in [2.05, 4.69) is 221 Å². The lowest BCUT2D eigenvalue weighted by atomic mass is 9.92. The van der Waals surface area contributed by atoms with E-state index >= 15 is 0 Å². The molecule has 3 heterocycles. The smallest absolute Gasteiger partial charge is 0.238 e. The molecular formula is C63H39N5. The zero-order valence-electron chi connectivity index (χ0n) is 36.8. The van der Waals surface area contributed by atoms with Crippen LogP contribution in [0.4, 0.5) is 0 Å². The van der Waals surface area contributed by atoms with Gasteiger partial charge in [-0.2, -0.15) is 9.97 Å². The fourth-order valence-electron chi connectivity index (χ4n) is 10.6. The fourth-order valence-corrected chi connectivity index (χ4v) is 10.6. The highest BCUT2D eigenvalue weighted by Crippen LogP contribution is 2.41. The molecule has 11 aromatic carbocycles. The van der Waals surface area contributed by atoms with Crippen molar-refractivity contribution in [3.05, 3.63) is 237 Å². The summed E-state index contributed by atoms with van der Waals surface area (Å²) in [6.45, 7) is 0. The predicted molar refractivity (Wildman–Crippen MR) is 283 cm³/mol. The maximum absolute atomic E-state index is 5.28. The first-order valence-corrected chi connectivity index (χ1v) is 23.1. The molecule has 0 aliphatic heterocycles. The van der Waals surface area contributed by atoms with Gasteiger partial charge in [-0.15, -0.1) is 0 Å². The van der Waals surface area contributed by atoms with Gasteiger partial charge in [-0.05, 0) is 97.0 Å². The van der Waals surface area contributed by atoms with Gasteiger partial charge in [-0.25, -0.2) is 4.98 Å². The van der Waals surface area contributed by atoms with Crippen molar-refractivity contribution in [3.8, 4) is 56.7 Å². The lowest BCUT2D eigenvalue weighted by molar-refractivity contribution is 0.954. The van der Waals surface area contributed by atoms with Crippen molar-refractivity contribution in [2.24, 2.45) is 0 Å². The van der Waals surface area contributed by atoms with E-state index in [-0.39, 0.29) is 0 Å². The Morgan fingerprint density at radius 1 is 0.221 bits per heavy atom. The molecule has 14 aromatic rings. The topological polar surface area (TPSA) is 48.5 Å². The summed E-state index contributed by atoms with van der Waals surface area (Å²) in [4.78, 5) is 15.6. The van der Waals surface area contributed by atoms with E-state index in [0.29, 0.717) is 17.6 Å². The number of hydrogen-bond acceptors (Lipinski definition) is 3. The molecule has 0 saturated heterocycles. The molecule has 0 spiro atoms. The average molecular weight is 866 g/mol. The lowest BCUT2D eigenvalue weighted by Gasteiger charge is -2.13. The van der Waals surface area contributed by atoms with Crippen LogP contribution in [0.2, 0.25) is 0 Å². The number of aromatic nitrogens is 5. The molecule has 0 atom stereocenters. The van der Waals surface area contributed by atoms with E-state index in [0.717, 1.165) is 60.6 Å². The first kappa shape index (κ1) is 38.1. The first-order valence-electron chi connectivity index (χ1n) is 23.1. The number of nitrogens with zero attached hydrogens (tertiary/aromatic N) is 5. The third-order valence-corrected chi connectivity index (χ3v) is 13.8. The molecule has 0 N–H and O–H groups in total. The van der Waals surface area contributed by atoms with Gasteiger partial charge >= 0.3 is 0 Å². The van der Waals surface area contributed by atoms with Crippen LogP contribution in [0.1, 0.15) is 0 Å². The minimum Gasteiger partial charge on any atom is -0.309 e. The lowest BCUT2D eigenvalue weighted by Crippen LogP contribution is -2.06. The Hall–Kier alpha value is -9.19. The van der Waals surface area contributed by atoms with Gasteiger partial charge in [0.25, 0.3) is 0 Å². The van der Waals surface area contributed by atoms with E-state index in [1.165, 1.54) is 54.4 Å².